The summed E-state index contributed by atoms with van der Waals surface area (Å²) in [6.07, 6.45) is 2.23. The molecule has 0 aliphatic carbocycles. The number of aromatic nitrogens is 4. The van der Waals surface area contributed by atoms with Crippen molar-refractivity contribution in [1.82, 2.24) is 20.2 Å². The Morgan fingerprint density at radius 3 is 3.00 bits per heavy atom. The number of tetrazole rings is 1. The van der Waals surface area contributed by atoms with Crippen LogP contribution < -0.4 is 0 Å². The highest BCUT2D eigenvalue weighted by atomic mass is 32.2. The molecule has 0 aliphatic rings. The van der Waals surface area contributed by atoms with E-state index in [2.05, 4.69) is 22.4 Å². The first-order chi connectivity index (χ1) is 7.27. The predicted molar refractivity (Wildman–Crippen MR) is 60.6 cm³/mol. The second-order valence-electron chi connectivity index (χ2n) is 3.48. The first kappa shape index (κ1) is 12.4. The minimum absolute atomic E-state index is 0.196. The van der Waals surface area contributed by atoms with E-state index in [1.807, 2.05) is 11.6 Å². The highest BCUT2D eigenvalue weighted by Crippen LogP contribution is 2.15. The Balaban J connectivity index is 2.42. The topological polar surface area (TPSA) is 63.8 Å². The maximum Gasteiger partial charge on any atom is 0.161 e. The lowest BCUT2D eigenvalue weighted by Gasteiger charge is -2.07. The summed E-state index contributed by atoms with van der Waals surface area (Å²) in [4.78, 5) is 0. The molecule has 1 aromatic heterocycles. The molecular formula is C9H18N4OS. The van der Waals surface area contributed by atoms with Crippen molar-refractivity contribution in [3.63, 3.8) is 0 Å². The average molecular weight is 230 g/mol. The van der Waals surface area contributed by atoms with Crippen molar-refractivity contribution in [2.75, 3.05) is 6.61 Å². The number of nitrogens with zero attached hydrogens (tertiary/aromatic N) is 4. The van der Waals surface area contributed by atoms with E-state index in [0.717, 1.165) is 31.0 Å². The van der Waals surface area contributed by atoms with E-state index in [9.17, 15) is 0 Å². The van der Waals surface area contributed by atoms with Gasteiger partial charge in [0.1, 0.15) is 0 Å². The predicted octanol–water partition coefficient (Wildman–Crippen LogP) is 1.09. The van der Waals surface area contributed by atoms with Gasteiger partial charge in [0.2, 0.25) is 0 Å². The van der Waals surface area contributed by atoms with Crippen LogP contribution in [0.3, 0.4) is 0 Å². The monoisotopic (exact) mass is 230 g/mol. The van der Waals surface area contributed by atoms with Crippen molar-refractivity contribution in [3.8, 4) is 0 Å². The van der Waals surface area contributed by atoms with Crippen molar-refractivity contribution in [3.05, 3.63) is 5.82 Å². The zero-order valence-electron chi connectivity index (χ0n) is 9.26. The number of aryl methyl sites for hydroxylation is 1. The molecule has 0 radical (unpaired) electrons. The molecule has 1 unspecified atom stereocenters. The van der Waals surface area contributed by atoms with Gasteiger partial charge in [-0.2, -0.15) is 0 Å². The molecule has 0 spiro atoms. The van der Waals surface area contributed by atoms with Crippen LogP contribution in [-0.4, -0.2) is 37.2 Å². The quantitative estimate of drug-likeness (QED) is 0.759. The summed E-state index contributed by atoms with van der Waals surface area (Å²) in [6, 6.07) is 0. The van der Waals surface area contributed by atoms with Gasteiger partial charge in [0, 0.05) is 11.8 Å². The van der Waals surface area contributed by atoms with Gasteiger partial charge in [0.15, 0.2) is 5.82 Å². The van der Waals surface area contributed by atoms with Crippen LogP contribution in [0.5, 0.6) is 0 Å². The van der Waals surface area contributed by atoms with Gasteiger partial charge in [-0.15, -0.1) is 16.9 Å². The number of aliphatic hydroxyl groups is 1. The third kappa shape index (κ3) is 4.17. The van der Waals surface area contributed by atoms with Crippen molar-refractivity contribution in [1.29, 1.82) is 0 Å². The maximum atomic E-state index is 8.89. The van der Waals surface area contributed by atoms with Gasteiger partial charge in [-0.25, -0.2) is 4.68 Å². The maximum absolute atomic E-state index is 8.89. The van der Waals surface area contributed by atoms with Gasteiger partial charge < -0.3 is 5.11 Å². The van der Waals surface area contributed by atoms with Crippen LogP contribution in [0, 0.1) is 0 Å². The number of hydrogen-bond acceptors (Lipinski definition) is 5. The summed E-state index contributed by atoms with van der Waals surface area (Å²) in [5.74, 6) is 1.66. The Hall–Kier alpha value is -0.620. The van der Waals surface area contributed by atoms with E-state index < -0.39 is 0 Å². The molecule has 1 aromatic rings. The molecule has 86 valence electrons. The number of rotatable bonds is 7. The third-order valence-corrected chi connectivity index (χ3v) is 3.23. The Morgan fingerprint density at radius 2 is 2.33 bits per heavy atom. The van der Waals surface area contributed by atoms with Crippen molar-refractivity contribution < 1.29 is 5.11 Å². The van der Waals surface area contributed by atoms with Gasteiger partial charge in [0.25, 0.3) is 0 Å². The SMILES string of the molecule is CCCCn1nnnc1CSC(C)CO. The Kier molecular flexibility index (Phi) is 5.63. The average Bonchev–Trinajstić information content (AvgIpc) is 2.70. The van der Waals surface area contributed by atoms with Gasteiger partial charge in [-0.1, -0.05) is 20.3 Å². The molecule has 15 heavy (non-hydrogen) atoms. The Labute approximate surface area is 94.3 Å². The van der Waals surface area contributed by atoms with E-state index in [1.165, 1.54) is 0 Å². The molecule has 6 heteroatoms. The smallest absolute Gasteiger partial charge is 0.161 e. The first-order valence-corrected chi connectivity index (χ1v) is 6.30. The van der Waals surface area contributed by atoms with Crippen LogP contribution in [0.1, 0.15) is 32.5 Å². The molecule has 1 heterocycles. The highest BCUT2D eigenvalue weighted by molar-refractivity contribution is 7.99. The second kappa shape index (κ2) is 6.79. The molecular weight excluding hydrogens is 212 g/mol. The highest BCUT2D eigenvalue weighted by Gasteiger charge is 2.08. The molecule has 5 nitrogen and oxygen atoms in total. The van der Waals surface area contributed by atoms with Crippen LogP contribution >= 0.6 is 11.8 Å². The zero-order valence-corrected chi connectivity index (χ0v) is 10.1. The number of unbranched alkanes of at least 4 members (excludes halogenated alkanes) is 1. The molecule has 1 rings (SSSR count). The molecule has 0 aromatic carbocycles. The van der Waals surface area contributed by atoms with Crippen molar-refractivity contribution in [2.24, 2.45) is 0 Å². The van der Waals surface area contributed by atoms with Crippen LogP contribution in [0.4, 0.5) is 0 Å². The number of thioether (sulfide) groups is 1. The molecule has 1 N–H and O–H groups in total. The zero-order chi connectivity index (χ0) is 11.1. The summed E-state index contributed by atoms with van der Waals surface area (Å²) in [5, 5.41) is 20.7. The van der Waals surface area contributed by atoms with E-state index in [0.29, 0.717) is 0 Å². The van der Waals surface area contributed by atoms with Crippen LogP contribution in [0.25, 0.3) is 0 Å². The molecule has 0 aliphatic heterocycles. The van der Waals surface area contributed by atoms with Crippen molar-refractivity contribution >= 4 is 11.8 Å². The van der Waals surface area contributed by atoms with E-state index in [-0.39, 0.29) is 11.9 Å². The van der Waals surface area contributed by atoms with Gasteiger partial charge in [-0.3, -0.25) is 0 Å². The summed E-state index contributed by atoms with van der Waals surface area (Å²) in [6.45, 7) is 5.21. The largest absolute Gasteiger partial charge is 0.395 e. The standard InChI is InChI=1S/C9H18N4OS/c1-3-4-5-13-9(10-11-12-13)7-15-8(2)6-14/h8,14H,3-7H2,1-2H3. The lowest BCUT2D eigenvalue weighted by molar-refractivity contribution is 0.300. The molecule has 0 bridgehead atoms. The summed E-state index contributed by atoms with van der Waals surface area (Å²) >= 11 is 1.67. The van der Waals surface area contributed by atoms with Gasteiger partial charge >= 0.3 is 0 Å². The van der Waals surface area contributed by atoms with E-state index in [4.69, 9.17) is 5.11 Å². The minimum Gasteiger partial charge on any atom is -0.395 e. The minimum atomic E-state index is 0.196. The van der Waals surface area contributed by atoms with Crippen LogP contribution in [0.2, 0.25) is 0 Å². The number of aliphatic hydroxyl groups excluding tert-OH is 1. The van der Waals surface area contributed by atoms with Crippen molar-refractivity contribution in [2.45, 2.75) is 44.2 Å². The lowest BCUT2D eigenvalue weighted by atomic mass is 10.3. The molecule has 0 saturated heterocycles. The van der Waals surface area contributed by atoms with Crippen LogP contribution in [-0.2, 0) is 12.3 Å². The van der Waals surface area contributed by atoms with Crippen LogP contribution in [0.15, 0.2) is 0 Å². The van der Waals surface area contributed by atoms with E-state index >= 15 is 0 Å². The fourth-order valence-electron chi connectivity index (χ4n) is 1.08. The summed E-state index contributed by atoms with van der Waals surface area (Å²) in [5.41, 5.74) is 0. The van der Waals surface area contributed by atoms with Gasteiger partial charge in [0.05, 0.1) is 12.4 Å². The van der Waals surface area contributed by atoms with Gasteiger partial charge in [-0.05, 0) is 16.8 Å². The summed E-state index contributed by atoms with van der Waals surface area (Å²) in [7, 11) is 0. The second-order valence-corrected chi connectivity index (χ2v) is 4.90. The summed E-state index contributed by atoms with van der Waals surface area (Å²) < 4.78 is 1.85. The fourth-order valence-corrected chi connectivity index (χ4v) is 1.82. The number of hydrogen-bond donors (Lipinski definition) is 1. The van der Waals surface area contributed by atoms with E-state index in [1.54, 1.807) is 11.8 Å². The lowest BCUT2D eigenvalue weighted by Crippen LogP contribution is -2.08. The first-order valence-electron chi connectivity index (χ1n) is 5.25. The Morgan fingerprint density at radius 1 is 1.53 bits per heavy atom. The fraction of sp³-hybridized carbons (Fsp3) is 0.889. The molecule has 0 fully saturated rings. The molecule has 0 amide bonds. The third-order valence-electron chi connectivity index (χ3n) is 2.08. The molecule has 0 saturated carbocycles. The molecule has 1 atom stereocenters. The Bertz CT molecular complexity index is 279. The normalized spacial score (nSPS) is 13.0.